The van der Waals surface area contributed by atoms with Crippen molar-refractivity contribution in [2.75, 3.05) is 18.9 Å². The van der Waals surface area contributed by atoms with Crippen LogP contribution < -0.4 is 5.73 Å². The van der Waals surface area contributed by atoms with Gasteiger partial charge in [-0.3, -0.25) is 0 Å². The Bertz CT molecular complexity index is 297. The molecular weight excluding hydrogens is 202 g/mol. The third-order valence-corrected chi connectivity index (χ3v) is 2.40. The van der Waals surface area contributed by atoms with Crippen LogP contribution in [0.5, 0.6) is 0 Å². The summed E-state index contributed by atoms with van der Waals surface area (Å²) in [5.74, 6) is 0. The van der Waals surface area contributed by atoms with Gasteiger partial charge >= 0.3 is 0 Å². The molecule has 0 radical (unpaired) electrons. The highest BCUT2D eigenvalue weighted by Crippen LogP contribution is 2.19. The zero-order chi connectivity index (χ0) is 12.0. The molecule has 2 N–H and O–H groups in total. The van der Waals surface area contributed by atoms with E-state index in [0.29, 0.717) is 6.61 Å². The summed E-state index contributed by atoms with van der Waals surface area (Å²) >= 11 is 0. The van der Waals surface area contributed by atoms with Crippen molar-refractivity contribution in [2.24, 2.45) is 0 Å². The van der Waals surface area contributed by atoms with Crippen molar-refractivity contribution >= 4 is 5.69 Å². The molecule has 0 heterocycles. The van der Waals surface area contributed by atoms with Crippen LogP contribution in [0.3, 0.4) is 0 Å². The van der Waals surface area contributed by atoms with Crippen LogP contribution in [0.4, 0.5) is 5.69 Å². The number of nitrogens with two attached hydrogens (primary N) is 1. The second kappa shape index (κ2) is 6.51. The van der Waals surface area contributed by atoms with Crippen molar-refractivity contribution in [3.05, 3.63) is 29.8 Å². The molecule has 0 bridgehead atoms. The summed E-state index contributed by atoms with van der Waals surface area (Å²) in [5, 5.41) is 0. The molecule has 0 aliphatic heterocycles. The molecule has 0 saturated carbocycles. The van der Waals surface area contributed by atoms with Gasteiger partial charge in [-0.1, -0.05) is 12.1 Å². The van der Waals surface area contributed by atoms with E-state index in [2.05, 4.69) is 0 Å². The minimum absolute atomic E-state index is 0.0658. The molecule has 1 aromatic carbocycles. The van der Waals surface area contributed by atoms with Crippen molar-refractivity contribution in [3.63, 3.8) is 0 Å². The molecule has 2 atom stereocenters. The lowest BCUT2D eigenvalue weighted by Gasteiger charge is -2.19. The van der Waals surface area contributed by atoms with Gasteiger partial charge in [-0.2, -0.15) is 0 Å². The minimum atomic E-state index is 0.0658. The normalized spacial score (nSPS) is 14.7. The Morgan fingerprint density at radius 2 is 1.81 bits per heavy atom. The lowest BCUT2D eigenvalue weighted by atomic mass is 10.1. The van der Waals surface area contributed by atoms with Gasteiger partial charge in [0.25, 0.3) is 0 Å². The average molecular weight is 223 g/mol. The Hall–Kier alpha value is -1.06. The second-order valence-corrected chi connectivity index (χ2v) is 3.92. The van der Waals surface area contributed by atoms with Gasteiger partial charge in [-0.05, 0) is 38.5 Å². The van der Waals surface area contributed by atoms with Gasteiger partial charge in [0.1, 0.15) is 0 Å². The van der Waals surface area contributed by atoms with Crippen LogP contribution >= 0.6 is 0 Å². The van der Waals surface area contributed by atoms with Crippen molar-refractivity contribution in [1.29, 1.82) is 0 Å². The summed E-state index contributed by atoms with van der Waals surface area (Å²) in [6.45, 7) is 7.40. The van der Waals surface area contributed by atoms with Gasteiger partial charge in [0.15, 0.2) is 0 Å². The predicted molar refractivity (Wildman–Crippen MR) is 66.3 cm³/mol. The fourth-order valence-electron chi connectivity index (χ4n) is 1.52. The summed E-state index contributed by atoms with van der Waals surface area (Å²) in [4.78, 5) is 0. The smallest absolute Gasteiger partial charge is 0.0801 e. The number of hydrogen-bond donors (Lipinski definition) is 1. The number of anilines is 1. The number of benzene rings is 1. The molecule has 90 valence electrons. The maximum atomic E-state index is 5.81. The van der Waals surface area contributed by atoms with E-state index in [9.17, 15) is 0 Å². The zero-order valence-corrected chi connectivity index (χ0v) is 10.3. The van der Waals surface area contributed by atoms with E-state index in [0.717, 1.165) is 17.9 Å². The topological polar surface area (TPSA) is 44.5 Å². The van der Waals surface area contributed by atoms with E-state index in [-0.39, 0.29) is 12.2 Å². The fraction of sp³-hybridized carbons (Fsp3) is 0.538. The Kier molecular flexibility index (Phi) is 5.29. The quantitative estimate of drug-likeness (QED) is 0.754. The van der Waals surface area contributed by atoms with Gasteiger partial charge in [-0.15, -0.1) is 0 Å². The molecule has 0 aliphatic rings. The first-order valence-electron chi connectivity index (χ1n) is 5.72. The zero-order valence-electron chi connectivity index (χ0n) is 10.3. The molecular formula is C13H21NO2. The van der Waals surface area contributed by atoms with Gasteiger partial charge in [0, 0.05) is 12.3 Å². The molecule has 1 aromatic rings. The highest BCUT2D eigenvalue weighted by Gasteiger charge is 2.10. The second-order valence-electron chi connectivity index (χ2n) is 3.92. The minimum Gasteiger partial charge on any atom is -0.399 e. The van der Waals surface area contributed by atoms with Crippen LogP contribution in [0.1, 0.15) is 32.4 Å². The summed E-state index contributed by atoms with van der Waals surface area (Å²) in [5.41, 5.74) is 7.55. The fourth-order valence-corrected chi connectivity index (χ4v) is 1.52. The maximum Gasteiger partial charge on any atom is 0.0801 e. The molecule has 0 fully saturated rings. The van der Waals surface area contributed by atoms with E-state index in [1.165, 1.54) is 0 Å². The van der Waals surface area contributed by atoms with E-state index in [1.54, 1.807) is 0 Å². The summed E-state index contributed by atoms with van der Waals surface area (Å²) in [6.07, 6.45) is 0.170. The number of ether oxygens (including phenoxy) is 2. The highest BCUT2D eigenvalue weighted by molar-refractivity contribution is 5.39. The van der Waals surface area contributed by atoms with Gasteiger partial charge in [-0.25, -0.2) is 0 Å². The van der Waals surface area contributed by atoms with E-state index < -0.39 is 0 Å². The molecule has 0 aliphatic carbocycles. The Labute approximate surface area is 97.6 Å². The first-order valence-corrected chi connectivity index (χ1v) is 5.72. The van der Waals surface area contributed by atoms with Gasteiger partial charge < -0.3 is 15.2 Å². The molecule has 2 unspecified atom stereocenters. The first kappa shape index (κ1) is 13.0. The number of rotatable bonds is 6. The Balaban J connectivity index is 2.45. The van der Waals surface area contributed by atoms with E-state index in [1.807, 2.05) is 45.0 Å². The molecule has 0 aromatic heterocycles. The third-order valence-electron chi connectivity index (χ3n) is 2.40. The van der Waals surface area contributed by atoms with Crippen molar-refractivity contribution < 1.29 is 9.47 Å². The average Bonchev–Trinajstić information content (AvgIpc) is 2.27. The van der Waals surface area contributed by atoms with Gasteiger partial charge in [0.05, 0.1) is 18.8 Å². The molecule has 3 heteroatoms. The standard InChI is InChI=1S/C13H21NO2/c1-4-15-9-10(2)16-11(3)12-5-7-13(14)8-6-12/h5-8,10-11H,4,9,14H2,1-3H3. The molecule has 3 nitrogen and oxygen atoms in total. The van der Waals surface area contributed by atoms with Gasteiger partial charge in [0.2, 0.25) is 0 Å². The van der Waals surface area contributed by atoms with E-state index >= 15 is 0 Å². The lowest BCUT2D eigenvalue weighted by molar-refractivity contribution is -0.0406. The predicted octanol–water partition coefficient (Wildman–Crippen LogP) is 2.77. The lowest BCUT2D eigenvalue weighted by Crippen LogP contribution is -2.18. The van der Waals surface area contributed by atoms with Crippen LogP contribution in [0.15, 0.2) is 24.3 Å². The molecule has 16 heavy (non-hydrogen) atoms. The Morgan fingerprint density at radius 1 is 1.19 bits per heavy atom. The summed E-state index contributed by atoms with van der Waals surface area (Å²) in [6, 6.07) is 7.77. The van der Waals surface area contributed by atoms with Crippen molar-refractivity contribution in [3.8, 4) is 0 Å². The number of hydrogen-bond acceptors (Lipinski definition) is 3. The molecule has 0 spiro atoms. The van der Waals surface area contributed by atoms with Crippen LogP contribution in [-0.2, 0) is 9.47 Å². The first-order chi connectivity index (χ1) is 7.63. The third kappa shape index (κ3) is 4.21. The van der Waals surface area contributed by atoms with Crippen LogP contribution in [0.2, 0.25) is 0 Å². The Morgan fingerprint density at radius 3 is 2.38 bits per heavy atom. The largest absolute Gasteiger partial charge is 0.399 e. The highest BCUT2D eigenvalue weighted by atomic mass is 16.5. The van der Waals surface area contributed by atoms with Crippen LogP contribution in [0, 0.1) is 0 Å². The monoisotopic (exact) mass is 223 g/mol. The molecule has 0 saturated heterocycles. The maximum absolute atomic E-state index is 5.81. The summed E-state index contributed by atoms with van der Waals surface area (Å²) in [7, 11) is 0. The SMILES string of the molecule is CCOCC(C)OC(C)c1ccc(N)cc1. The summed E-state index contributed by atoms with van der Waals surface area (Å²) < 4.78 is 11.1. The van der Waals surface area contributed by atoms with Crippen molar-refractivity contribution in [2.45, 2.75) is 33.0 Å². The molecule has 1 rings (SSSR count). The molecule has 0 amide bonds. The van der Waals surface area contributed by atoms with Crippen LogP contribution in [0.25, 0.3) is 0 Å². The van der Waals surface area contributed by atoms with Crippen LogP contribution in [-0.4, -0.2) is 19.3 Å². The van der Waals surface area contributed by atoms with E-state index in [4.69, 9.17) is 15.2 Å². The van der Waals surface area contributed by atoms with Crippen molar-refractivity contribution in [1.82, 2.24) is 0 Å². The number of nitrogen functional groups attached to an aromatic ring is 1.